The Labute approximate surface area is 129 Å². The van der Waals surface area contributed by atoms with Gasteiger partial charge in [-0.1, -0.05) is 18.2 Å². The number of nitrogens with zero attached hydrogens (tertiary/aromatic N) is 1. The number of hydrogen-bond donors (Lipinski definition) is 1. The Kier molecular flexibility index (Phi) is 3.45. The van der Waals surface area contributed by atoms with Gasteiger partial charge in [-0.15, -0.1) is 0 Å². The zero-order chi connectivity index (χ0) is 15.9. The second kappa shape index (κ2) is 5.30. The Morgan fingerprint density at radius 1 is 1.18 bits per heavy atom. The van der Waals surface area contributed by atoms with Gasteiger partial charge in [0.1, 0.15) is 0 Å². The van der Waals surface area contributed by atoms with Crippen LogP contribution >= 0.6 is 0 Å². The lowest BCUT2D eigenvalue weighted by Gasteiger charge is -2.09. The van der Waals surface area contributed by atoms with E-state index in [9.17, 15) is 9.59 Å². The highest BCUT2D eigenvalue weighted by Gasteiger charge is 2.26. The third-order valence-corrected chi connectivity index (χ3v) is 3.90. The fourth-order valence-electron chi connectivity index (χ4n) is 2.96. The lowest BCUT2D eigenvalue weighted by atomic mass is 9.96. The van der Waals surface area contributed by atoms with Crippen LogP contribution in [0.25, 0.3) is 11.1 Å². The molecule has 3 rings (SSSR count). The third-order valence-electron chi connectivity index (χ3n) is 3.90. The zero-order valence-corrected chi connectivity index (χ0v) is 12.9. The van der Waals surface area contributed by atoms with E-state index >= 15 is 0 Å². The average Bonchev–Trinajstić information content (AvgIpc) is 2.74. The quantitative estimate of drug-likeness (QED) is 0.924. The van der Waals surface area contributed by atoms with Gasteiger partial charge in [0.15, 0.2) is 0 Å². The van der Waals surface area contributed by atoms with Crippen LogP contribution in [0.2, 0.25) is 0 Å². The molecule has 0 spiro atoms. The second-order valence-electron chi connectivity index (χ2n) is 5.75. The fourth-order valence-corrected chi connectivity index (χ4v) is 2.96. The van der Waals surface area contributed by atoms with Gasteiger partial charge in [0.2, 0.25) is 5.91 Å². The summed E-state index contributed by atoms with van der Waals surface area (Å²) in [6.07, 6.45) is 0. The first-order chi connectivity index (χ1) is 10.5. The minimum atomic E-state index is -0.0884. The smallest absolute Gasteiger partial charge is 0.254 e. The predicted octanol–water partition coefficient (Wildman–Crippen LogP) is 3.21. The van der Waals surface area contributed by atoms with Gasteiger partial charge in [0.25, 0.3) is 5.91 Å². The molecule has 0 saturated carbocycles. The highest BCUT2D eigenvalue weighted by molar-refractivity contribution is 6.00. The van der Waals surface area contributed by atoms with Gasteiger partial charge in [-0.05, 0) is 47.4 Å². The van der Waals surface area contributed by atoms with Gasteiger partial charge >= 0.3 is 0 Å². The Morgan fingerprint density at radius 2 is 1.95 bits per heavy atom. The number of fused-ring (bicyclic) bond motifs is 1. The van der Waals surface area contributed by atoms with Crippen LogP contribution in [0, 0.1) is 6.92 Å². The van der Waals surface area contributed by atoms with Crippen molar-refractivity contribution in [1.82, 2.24) is 4.90 Å². The summed E-state index contributed by atoms with van der Waals surface area (Å²) in [6.45, 7) is 4.11. The number of nitrogens with one attached hydrogen (secondary N) is 1. The standard InChI is InChI=1S/C18H18N2O2/c1-11-7-14(8-15-10-20(3)18(22)17(11)15)13-5-4-6-16(9-13)19-12(2)21/h4-9H,10H2,1-3H3,(H,19,21). The van der Waals surface area contributed by atoms with Crippen LogP contribution in [0.15, 0.2) is 36.4 Å². The van der Waals surface area contributed by atoms with E-state index in [1.165, 1.54) is 6.92 Å². The number of benzene rings is 2. The SMILES string of the molecule is CC(=O)Nc1cccc(-c2cc(C)c3c(c2)CN(C)C3=O)c1. The normalized spacial score (nSPS) is 13.2. The molecule has 2 aromatic rings. The number of aryl methyl sites for hydroxylation is 1. The molecule has 0 atom stereocenters. The van der Waals surface area contributed by atoms with Crippen molar-refractivity contribution >= 4 is 17.5 Å². The fraction of sp³-hybridized carbons (Fsp3) is 0.222. The van der Waals surface area contributed by atoms with Gasteiger partial charge in [-0.25, -0.2) is 0 Å². The first-order valence-corrected chi connectivity index (χ1v) is 7.22. The first-order valence-electron chi connectivity index (χ1n) is 7.22. The number of amides is 2. The molecule has 0 bridgehead atoms. The molecule has 0 fully saturated rings. The molecule has 0 aromatic heterocycles. The van der Waals surface area contributed by atoms with E-state index in [0.717, 1.165) is 33.5 Å². The largest absolute Gasteiger partial charge is 0.337 e. The Balaban J connectivity index is 2.04. The van der Waals surface area contributed by atoms with Crippen molar-refractivity contribution in [1.29, 1.82) is 0 Å². The maximum Gasteiger partial charge on any atom is 0.254 e. The number of rotatable bonds is 2. The minimum Gasteiger partial charge on any atom is -0.337 e. The van der Waals surface area contributed by atoms with Crippen molar-refractivity contribution in [2.45, 2.75) is 20.4 Å². The van der Waals surface area contributed by atoms with E-state index in [1.54, 1.807) is 4.90 Å². The molecule has 1 N–H and O–H groups in total. The topological polar surface area (TPSA) is 49.4 Å². The lowest BCUT2D eigenvalue weighted by molar-refractivity contribution is -0.114. The van der Waals surface area contributed by atoms with Gasteiger partial charge in [-0.3, -0.25) is 9.59 Å². The molecule has 1 heterocycles. The second-order valence-corrected chi connectivity index (χ2v) is 5.75. The molecule has 2 amide bonds. The van der Waals surface area contributed by atoms with Crippen molar-refractivity contribution in [2.75, 3.05) is 12.4 Å². The van der Waals surface area contributed by atoms with Crippen molar-refractivity contribution in [3.8, 4) is 11.1 Å². The summed E-state index contributed by atoms with van der Waals surface area (Å²) >= 11 is 0. The number of hydrogen-bond acceptors (Lipinski definition) is 2. The third kappa shape index (κ3) is 2.48. The van der Waals surface area contributed by atoms with E-state index in [4.69, 9.17) is 0 Å². The van der Waals surface area contributed by atoms with Crippen LogP contribution in [0.3, 0.4) is 0 Å². The maximum atomic E-state index is 12.1. The van der Waals surface area contributed by atoms with Gasteiger partial charge in [-0.2, -0.15) is 0 Å². The molecule has 0 unspecified atom stereocenters. The van der Waals surface area contributed by atoms with Crippen molar-refractivity contribution in [3.05, 3.63) is 53.1 Å². The molecule has 1 aliphatic heterocycles. The molecule has 4 nitrogen and oxygen atoms in total. The van der Waals surface area contributed by atoms with Crippen molar-refractivity contribution < 1.29 is 9.59 Å². The molecular weight excluding hydrogens is 276 g/mol. The number of carbonyl (C=O) groups is 2. The summed E-state index contributed by atoms with van der Waals surface area (Å²) in [4.78, 5) is 25.0. The Morgan fingerprint density at radius 3 is 2.68 bits per heavy atom. The predicted molar refractivity (Wildman–Crippen MR) is 86.7 cm³/mol. The summed E-state index contributed by atoms with van der Waals surface area (Å²) in [6, 6.07) is 11.8. The van der Waals surface area contributed by atoms with E-state index < -0.39 is 0 Å². The van der Waals surface area contributed by atoms with Crippen LogP contribution in [-0.2, 0) is 11.3 Å². The molecule has 2 aromatic carbocycles. The van der Waals surface area contributed by atoms with Gasteiger partial charge in [0.05, 0.1) is 0 Å². The zero-order valence-electron chi connectivity index (χ0n) is 12.9. The van der Waals surface area contributed by atoms with E-state index in [0.29, 0.717) is 6.54 Å². The van der Waals surface area contributed by atoms with E-state index in [1.807, 2.05) is 44.3 Å². The summed E-state index contributed by atoms with van der Waals surface area (Å²) in [5, 5.41) is 2.79. The Hall–Kier alpha value is -2.62. The van der Waals surface area contributed by atoms with Crippen LogP contribution in [0.1, 0.15) is 28.4 Å². The average molecular weight is 294 g/mol. The Bertz CT molecular complexity index is 781. The van der Waals surface area contributed by atoms with E-state index in [2.05, 4.69) is 11.4 Å². The highest BCUT2D eigenvalue weighted by atomic mass is 16.2. The molecule has 22 heavy (non-hydrogen) atoms. The van der Waals surface area contributed by atoms with Crippen LogP contribution in [-0.4, -0.2) is 23.8 Å². The summed E-state index contributed by atoms with van der Waals surface area (Å²) in [5.74, 6) is 0.000512. The maximum absolute atomic E-state index is 12.1. The summed E-state index contributed by atoms with van der Waals surface area (Å²) < 4.78 is 0. The first kappa shape index (κ1) is 14.3. The molecule has 0 saturated heterocycles. The van der Waals surface area contributed by atoms with Crippen LogP contribution < -0.4 is 5.32 Å². The van der Waals surface area contributed by atoms with Crippen molar-refractivity contribution in [3.63, 3.8) is 0 Å². The van der Waals surface area contributed by atoms with Crippen LogP contribution in [0.5, 0.6) is 0 Å². The molecular formula is C18H18N2O2. The minimum absolute atomic E-state index is 0.0884. The van der Waals surface area contributed by atoms with Crippen LogP contribution in [0.4, 0.5) is 5.69 Å². The molecule has 4 heteroatoms. The monoisotopic (exact) mass is 294 g/mol. The molecule has 0 aliphatic carbocycles. The molecule has 112 valence electrons. The van der Waals surface area contributed by atoms with Crippen molar-refractivity contribution in [2.24, 2.45) is 0 Å². The molecule has 1 aliphatic rings. The number of carbonyl (C=O) groups excluding carboxylic acids is 2. The summed E-state index contributed by atoms with van der Waals surface area (Å²) in [7, 11) is 1.82. The summed E-state index contributed by atoms with van der Waals surface area (Å²) in [5.41, 5.74) is 5.74. The van der Waals surface area contributed by atoms with Gasteiger partial charge < -0.3 is 10.2 Å². The van der Waals surface area contributed by atoms with Gasteiger partial charge in [0, 0.05) is 31.8 Å². The lowest BCUT2D eigenvalue weighted by Crippen LogP contribution is -2.17. The number of anilines is 1. The molecule has 0 radical (unpaired) electrons. The highest BCUT2D eigenvalue weighted by Crippen LogP contribution is 2.31. The van der Waals surface area contributed by atoms with E-state index in [-0.39, 0.29) is 11.8 Å².